The van der Waals surface area contributed by atoms with Gasteiger partial charge in [-0.2, -0.15) is 0 Å². The molecule has 3 heteroatoms. The first-order valence-electron chi connectivity index (χ1n) is 6.89. The average molecular weight is 284 g/mol. The molecule has 0 aromatic heterocycles. The first-order valence-corrected chi connectivity index (χ1v) is 6.89. The molecule has 0 aliphatic rings. The number of hydrogen-bond acceptors (Lipinski definition) is 2. The molecule has 0 saturated carbocycles. The number of ether oxygens (including phenoxy) is 1. The molecule has 0 aliphatic carbocycles. The molecule has 1 N–H and O–H groups in total. The SMILES string of the molecule is COc1ccc([C@@H](c2ccccc2)C(C)(C)C(=O)O)cc1. The molecule has 3 nitrogen and oxygen atoms in total. The minimum Gasteiger partial charge on any atom is -0.497 e. The van der Waals surface area contributed by atoms with E-state index in [2.05, 4.69) is 0 Å². The van der Waals surface area contributed by atoms with E-state index in [1.165, 1.54) is 0 Å². The molecular formula is C18H20O3. The van der Waals surface area contributed by atoms with Crippen LogP contribution in [0.4, 0.5) is 0 Å². The Bertz CT molecular complexity index is 600. The van der Waals surface area contributed by atoms with Crippen LogP contribution in [0.3, 0.4) is 0 Å². The highest BCUT2D eigenvalue weighted by molar-refractivity contribution is 5.76. The summed E-state index contributed by atoms with van der Waals surface area (Å²) < 4.78 is 5.17. The van der Waals surface area contributed by atoms with E-state index in [9.17, 15) is 9.90 Å². The Balaban J connectivity index is 2.52. The van der Waals surface area contributed by atoms with Crippen molar-refractivity contribution in [3.05, 3.63) is 65.7 Å². The Morgan fingerprint density at radius 2 is 1.52 bits per heavy atom. The van der Waals surface area contributed by atoms with Crippen LogP contribution in [0, 0.1) is 5.41 Å². The minimum atomic E-state index is -0.907. The van der Waals surface area contributed by atoms with Gasteiger partial charge in [-0.3, -0.25) is 4.79 Å². The van der Waals surface area contributed by atoms with Gasteiger partial charge in [-0.15, -0.1) is 0 Å². The number of methoxy groups -OCH3 is 1. The van der Waals surface area contributed by atoms with Crippen LogP contribution >= 0.6 is 0 Å². The van der Waals surface area contributed by atoms with Crippen LogP contribution in [0.5, 0.6) is 5.75 Å². The van der Waals surface area contributed by atoms with Crippen LogP contribution < -0.4 is 4.74 Å². The maximum atomic E-state index is 11.7. The Kier molecular flexibility index (Phi) is 4.32. The lowest BCUT2D eigenvalue weighted by Crippen LogP contribution is -2.32. The van der Waals surface area contributed by atoms with Gasteiger partial charge in [-0.1, -0.05) is 42.5 Å². The van der Waals surface area contributed by atoms with E-state index in [0.29, 0.717) is 0 Å². The molecule has 0 heterocycles. The number of hydrogen-bond donors (Lipinski definition) is 1. The molecule has 0 radical (unpaired) electrons. The third-order valence-corrected chi connectivity index (χ3v) is 3.85. The molecule has 0 fully saturated rings. The first-order chi connectivity index (χ1) is 9.96. The summed E-state index contributed by atoms with van der Waals surface area (Å²) in [6.45, 7) is 3.52. The largest absolute Gasteiger partial charge is 0.497 e. The molecule has 110 valence electrons. The van der Waals surface area contributed by atoms with Gasteiger partial charge in [0.05, 0.1) is 12.5 Å². The van der Waals surface area contributed by atoms with Crippen molar-refractivity contribution >= 4 is 5.97 Å². The molecule has 0 unspecified atom stereocenters. The predicted molar refractivity (Wildman–Crippen MR) is 82.7 cm³/mol. The number of carbonyl (C=O) groups is 1. The van der Waals surface area contributed by atoms with E-state index in [1.807, 2.05) is 54.6 Å². The lowest BCUT2D eigenvalue weighted by molar-refractivity contribution is -0.147. The summed E-state index contributed by atoms with van der Waals surface area (Å²) in [5.74, 6) is -0.270. The Labute approximate surface area is 125 Å². The highest BCUT2D eigenvalue weighted by atomic mass is 16.5. The van der Waals surface area contributed by atoms with E-state index >= 15 is 0 Å². The van der Waals surface area contributed by atoms with Gasteiger partial charge in [0.25, 0.3) is 0 Å². The fourth-order valence-corrected chi connectivity index (χ4v) is 2.59. The van der Waals surface area contributed by atoms with E-state index in [0.717, 1.165) is 16.9 Å². The maximum absolute atomic E-state index is 11.7. The van der Waals surface area contributed by atoms with Gasteiger partial charge >= 0.3 is 5.97 Å². The van der Waals surface area contributed by atoms with Crippen molar-refractivity contribution in [2.45, 2.75) is 19.8 Å². The van der Waals surface area contributed by atoms with Gasteiger partial charge in [0.2, 0.25) is 0 Å². The molecule has 0 aliphatic heterocycles. The third-order valence-electron chi connectivity index (χ3n) is 3.85. The molecule has 0 bridgehead atoms. The van der Waals surface area contributed by atoms with E-state index < -0.39 is 11.4 Å². The standard InChI is InChI=1S/C18H20O3/c1-18(2,17(19)20)16(13-7-5-4-6-8-13)14-9-11-15(21-3)12-10-14/h4-12,16H,1-3H3,(H,19,20)/t16-/m1/s1. The smallest absolute Gasteiger partial charge is 0.310 e. The summed E-state index contributed by atoms with van der Waals surface area (Å²) in [5.41, 5.74) is 1.06. The fraction of sp³-hybridized carbons (Fsp3) is 0.278. The zero-order valence-corrected chi connectivity index (χ0v) is 12.5. The van der Waals surface area contributed by atoms with Crippen LogP contribution in [-0.2, 0) is 4.79 Å². The molecule has 21 heavy (non-hydrogen) atoms. The van der Waals surface area contributed by atoms with Crippen molar-refractivity contribution < 1.29 is 14.6 Å². The number of carboxylic acid groups (broad SMARTS) is 1. The second kappa shape index (κ2) is 6.00. The normalized spacial score (nSPS) is 12.7. The lowest BCUT2D eigenvalue weighted by atomic mass is 9.71. The van der Waals surface area contributed by atoms with Crippen LogP contribution in [0.25, 0.3) is 0 Å². The number of carboxylic acids is 1. The Morgan fingerprint density at radius 3 is 2.00 bits per heavy atom. The third kappa shape index (κ3) is 3.07. The van der Waals surface area contributed by atoms with Crippen molar-refractivity contribution in [2.75, 3.05) is 7.11 Å². The summed E-state index contributed by atoms with van der Waals surface area (Å²) >= 11 is 0. The number of rotatable bonds is 5. The Morgan fingerprint density at radius 1 is 1.00 bits per heavy atom. The second-order valence-electron chi connectivity index (χ2n) is 5.64. The zero-order chi connectivity index (χ0) is 15.5. The van der Waals surface area contributed by atoms with Gasteiger partial charge in [0, 0.05) is 5.92 Å². The summed E-state index contributed by atoms with van der Waals surface area (Å²) in [7, 11) is 1.62. The Hall–Kier alpha value is -2.29. The number of aliphatic carboxylic acids is 1. The molecule has 0 amide bonds. The van der Waals surface area contributed by atoms with Crippen LogP contribution in [0.15, 0.2) is 54.6 Å². The quantitative estimate of drug-likeness (QED) is 0.904. The zero-order valence-electron chi connectivity index (χ0n) is 12.5. The van der Waals surface area contributed by atoms with Gasteiger partial charge < -0.3 is 9.84 Å². The van der Waals surface area contributed by atoms with E-state index in [4.69, 9.17) is 4.74 Å². The van der Waals surface area contributed by atoms with E-state index in [-0.39, 0.29) is 5.92 Å². The molecule has 2 aromatic rings. The minimum absolute atomic E-state index is 0.220. The topological polar surface area (TPSA) is 46.5 Å². The van der Waals surface area contributed by atoms with Gasteiger partial charge in [0.1, 0.15) is 5.75 Å². The van der Waals surface area contributed by atoms with Crippen LogP contribution in [0.1, 0.15) is 30.9 Å². The fourth-order valence-electron chi connectivity index (χ4n) is 2.59. The van der Waals surface area contributed by atoms with Crippen LogP contribution in [-0.4, -0.2) is 18.2 Å². The molecule has 2 aromatic carbocycles. The molecule has 0 spiro atoms. The van der Waals surface area contributed by atoms with E-state index in [1.54, 1.807) is 21.0 Å². The van der Waals surface area contributed by atoms with Crippen molar-refractivity contribution in [3.63, 3.8) is 0 Å². The second-order valence-corrected chi connectivity index (χ2v) is 5.64. The summed E-state index contributed by atoms with van der Waals surface area (Å²) in [4.78, 5) is 11.7. The monoisotopic (exact) mass is 284 g/mol. The summed E-state index contributed by atoms with van der Waals surface area (Å²) in [6.07, 6.45) is 0. The van der Waals surface area contributed by atoms with Crippen molar-refractivity contribution in [3.8, 4) is 5.75 Å². The van der Waals surface area contributed by atoms with Gasteiger partial charge in [-0.05, 0) is 37.1 Å². The molecule has 0 saturated heterocycles. The average Bonchev–Trinajstić information content (AvgIpc) is 2.49. The predicted octanol–water partition coefficient (Wildman–Crippen LogP) is 3.94. The molecule has 2 rings (SSSR count). The molecule has 1 atom stereocenters. The summed E-state index contributed by atoms with van der Waals surface area (Å²) in [5, 5.41) is 9.61. The van der Waals surface area contributed by atoms with Gasteiger partial charge in [-0.25, -0.2) is 0 Å². The number of benzene rings is 2. The lowest BCUT2D eigenvalue weighted by Gasteiger charge is -2.31. The van der Waals surface area contributed by atoms with Crippen molar-refractivity contribution in [1.82, 2.24) is 0 Å². The van der Waals surface area contributed by atoms with Crippen molar-refractivity contribution in [2.24, 2.45) is 5.41 Å². The van der Waals surface area contributed by atoms with Gasteiger partial charge in [0.15, 0.2) is 0 Å². The highest BCUT2D eigenvalue weighted by Gasteiger charge is 2.38. The molecular weight excluding hydrogens is 264 g/mol. The van der Waals surface area contributed by atoms with Crippen LogP contribution in [0.2, 0.25) is 0 Å². The maximum Gasteiger partial charge on any atom is 0.310 e. The van der Waals surface area contributed by atoms with Crippen molar-refractivity contribution in [1.29, 1.82) is 0 Å². The summed E-state index contributed by atoms with van der Waals surface area (Å²) in [6, 6.07) is 17.3. The first kappa shape index (κ1) is 15.1. The highest BCUT2D eigenvalue weighted by Crippen LogP contribution is 2.41.